The molecule has 0 saturated heterocycles. The van der Waals surface area contributed by atoms with E-state index in [1.165, 1.54) is 17.8 Å². The monoisotopic (exact) mass is 334 g/mol. The number of methoxy groups -OCH3 is 1. The van der Waals surface area contributed by atoms with Gasteiger partial charge >= 0.3 is 0 Å². The predicted molar refractivity (Wildman–Crippen MR) is 87.5 cm³/mol. The summed E-state index contributed by atoms with van der Waals surface area (Å²) in [5.41, 5.74) is 1.09. The molecule has 0 radical (unpaired) electrons. The summed E-state index contributed by atoms with van der Waals surface area (Å²) < 4.78 is 5.11. The Kier molecular flexibility index (Phi) is 5.75. The van der Waals surface area contributed by atoms with Crippen LogP contribution in [0.15, 0.2) is 34.3 Å². The highest BCUT2D eigenvalue weighted by molar-refractivity contribution is 8.00. The van der Waals surface area contributed by atoms with E-state index in [2.05, 4.69) is 20.3 Å². The number of ether oxygens (including phenoxy) is 1. The first-order valence-electron chi connectivity index (χ1n) is 6.99. The number of rotatable bonds is 6. The molecule has 0 aliphatic rings. The standard InChI is InChI=1S/C15H18N4O3S/c1-9-6-13(20)19-15(18-9)23-10(2)14(21)17-8-11-7-12(22-3)4-5-16-11/h4-7,10H,8H2,1-3H3,(H,17,21)(H,18,19,20)/t10-/m1/s1. The van der Waals surface area contributed by atoms with E-state index in [9.17, 15) is 9.59 Å². The third-order valence-corrected chi connectivity index (χ3v) is 3.96. The van der Waals surface area contributed by atoms with Crippen molar-refractivity contribution < 1.29 is 9.53 Å². The van der Waals surface area contributed by atoms with E-state index in [1.54, 1.807) is 39.3 Å². The van der Waals surface area contributed by atoms with Crippen molar-refractivity contribution in [2.24, 2.45) is 0 Å². The van der Waals surface area contributed by atoms with Gasteiger partial charge < -0.3 is 15.0 Å². The van der Waals surface area contributed by atoms with Gasteiger partial charge in [-0.1, -0.05) is 11.8 Å². The van der Waals surface area contributed by atoms with Gasteiger partial charge in [0.25, 0.3) is 5.56 Å². The van der Waals surface area contributed by atoms with E-state index in [4.69, 9.17) is 4.74 Å². The number of aromatic amines is 1. The first-order valence-corrected chi connectivity index (χ1v) is 7.87. The van der Waals surface area contributed by atoms with Crippen molar-refractivity contribution in [1.82, 2.24) is 20.3 Å². The normalized spacial score (nSPS) is 11.8. The molecule has 0 aliphatic carbocycles. The molecule has 23 heavy (non-hydrogen) atoms. The van der Waals surface area contributed by atoms with Gasteiger partial charge in [0.15, 0.2) is 5.16 Å². The Balaban J connectivity index is 1.93. The summed E-state index contributed by atoms with van der Waals surface area (Å²) in [5.74, 6) is 0.525. The predicted octanol–water partition coefficient (Wildman–Crippen LogP) is 1.28. The van der Waals surface area contributed by atoms with Gasteiger partial charge in [-0.3, -0.25) is 14.6 Å². The molecule has 0 saturated carbocycles. The average Bonchev–Trinajstić information content (AvgIpc) is 2.51. The van der Waals surface area contributed by atoms with Gasteiger partial charge in [-0.05, 0) is 19.9 Å². The van der Waals surface area contributed by atoms with Crippen LogP contribution in [0.4, 0.5) is 0 Å². The lowest BCUT2D eigenvalue weighted by molar-refractivity contribution is -0.120. The minimum atomic E-state index is -0.398. The highest BCUT2D eigenvalue weighted by Gasteiger charge is 2.16. The minimum Gasteiger partial charge on any atom is -0.497 e. The van der Waals surface area contributed by atoms with Gasteiger partial charge in [0, 0.05) is 24.0 Å². The summed E-state index contributed by atoms with van der Waals surface area (Å²) >= 11 is 1.20. The van der Waals surface area contributed by atoms with E-state index in [1.807, 2.05) is 0 Å². The molecule has 7 nitrogen and oxygen atoms in total. The zero-order valence-corrected chi connectivity index (χ0v) is 13.9. The molecule has 0 unspecified atom stereocenters. The topological polar surface area (TPSA) is 97.0 Å². The van der Waals surface area contributed by atoms with E-state index < -0.39 is 5.25 Å². The Bertz CT molecular complexity index is 747. The maximum atomic E-state index is 12.1. The van der Waals surface area contributed by atoms with Crippen LogP contribution in [0.2, 0.25) is 0 Å². The Morgan fingerprint density at radius 1 is 1.48 bits per heavy atom. The van der Waals surface area contributed by atoms with Crippen molar-refractivity contribution in [3.05, 3.63) is 46.1 Å². The van der Waals surface area contributed by atoms with Crippen LogP contribution in [0, 0.1) is 6.92 Å². The molecule has 0 bridgehead atoms. The molecule has 2 heterocycles. The van der Waals surface area contributed by atoms with Gasteiger partial charge in [-0.25, -0.2) is 4.98 Å². The third-order valence-electron chi connectivity index (χ3n) is 2.97. The summed E-state index contributed by atoms with van der Waals surface area (Å²) in [5, 5.41) is 2.83. The number of aryl methyl sites for hydroxylation is 1. The molecule has 0 aromatic carbocycles. The number of carbonyl (C=O) groups is 1. The molecular formula is C15H18N4O3S. The van der Waals surface area contributed by atoms with Crippen LogP contribution < -0.4 is 15.6 Å². The highest BCUT2D eigenvalue weighted by atomic mass is 32.2. The quantitative estimate of drug-likeness (QED) is 0.610. The van der Waals surface area contributed by atoms with Crippen molar-refractivity contribution in [1.29, 1.82) is 0 Å². The fraction of sp³-hybridized carbons (Fsp3) is 0.333. The zero-order chi connectivity index (χ0) is 16.8. The fourth-order valence-corrected chi connectivity index (χ4v) is 2.71. The van der Waals surface area contributed by atoms with Gasteiger partial charge in [0.2, 0.25) is 5.91 Å². The Morgan fingerprint density at radius 3 is 2.96 bits per heavy atom. The van der Waals surface area contributed by atoms with E-state index in [0.717, 1.165) is 0 Å². The zero-order valence-electron chi connectivity index (χ0n) is 13.1. The maximum absolute atomic E-state index is 12.1. The lowest BCUT2D eigenvalue weighted by Crippen LogP contribution is -2.31. The van der Waals surface area contributed by atoms with Crippen LogP contribution in [0.25, 0.3) is 0 Å². The molecular weight excluding hydrogens is 316 g/mol. The number of thioether (sulfide) groups is 1. The van der Waals surface area contributed by atoms with Gasteiger partial charge in [-0.2, -0.15) is 0 Å². The molecule has 1 amide bonds. The summed E-state index contributed by atoms with van der Waals surface area (Å²) in [7, 11) is 1.58. The number of H-pyrrole nitrogens is 1. The average molecular weight is 334 g/mol. The van der Waals surface area contributed by atoms with E-state index >= 15 is 0 Å². The molecule has 0 spiro atoms. The van der Waals surface area contributed by atoms with Crippen LogP contribution >= 0.6 is 11.8 Å². The molecule has 2 aromatic heterocycles. The van der Waals surface area contributed by atoms with Crippen LogP contribution in [0.5, 0.6) is 5.75 Å². The summed E-state index contributed by atoms with van der Waals surface area (Å²) in [4.78, 5) is 34.5. The van der Waals surface area contributed by atoms with Gasteiger partial charge in [0.1, 0.15) is 5.75 Å². The number of aromatic nitrogens is 3. The van der Waals surface area contributed by atoms with Crippen molar-refractivity contribution in [2.75, 3.05) is 7.11 Å². The second-order valence-electron chi connectivity index (χ2n) is 4.86. The molecule has 8 heteroatoms. The largest absolute Gasteiger partial charge is 0.497 e. The second kappa shape index (κ2) is 7.77. The Hall–Kier alpha value is -2.35. The van der Waals surface area contributed by atoms with Crippen LogP contribution in [-0.4, -0.2) is 33.2 Å². The number of hydrogen-bond donors (Lipinski definition) is 2. The number of pyridine rings is 1. The fourth-order valence-electron chi connectivity index (χ4n) is 1.83. The molecule has 2 N–H and O–H groups in total. The smallest absolute Gasteiger partial charge is 0.251 e. The van der Waals surface area contributed by atoms with Gasteiger partial charge in [0.05, 0.1) is 24.6 Å². The lowest BCUT2D eigenvalue weighted by atomic mass is 10.3. The van der Waals surface area contributed by atoms with Crippen molar-refractivity contribution in [3.8, 4) is 5.75 Å². The van der Waals surface area contributed by atoms with Crippen molar-refractivity contribution in [3.63, 3.8) is 0 Å². The highest BCUT2D eigenvalue weighted by Crippen LogP contribution is 2.18. The third kappa shape index (κ3) is 5.10. The number of carbonyl (C=O) groups excluding carboxylic acids is 1. The number of amides is 1. The van der Waals surface area contributed by atoms with Gasteiger partial charge in [-0.15, -0.1) is 0 Å². The maximum Gasteiger partial charge on any atom is 0.251 e. The molecule has 2 rings (SSSR count). The van der Waals surface area contributed by atoms with Crippen molar-refractivity contribution in [2.45, 2.75) is 30.8 Å². The SMILES string of the molecule is COc1ccnc(CNC(=O)[C@@H](C)Sc2nc(C)cc(=O)[nH]2)c1. The van der Waals surface area contributed by atoms with Crippen LogP contribution in [0.3, 0.4) is 0 Å². The molecule has 122 valence electrons. The van der Waals surface area contributed by atoms with Crippen LogP contribution in [0.1, 0.15) is 18.3 Å². The second-order valence-corrected chi connectivity index (χ2v) is 6.19. The first-order chi connectivity index (χ1) is 11.0. The number of nitrogens with zero attached hydrogens (tertiary/aromatic N) is 2. The number of hydrogen-bond acceptors (Lipinski definition) is 6. The summed E-state index contributed by atoms with van der Waals surface area (Å²) in [6.45, 7) is 3.79. The Labute approximate surface area is 137 Å². The molecule has 2 aromatic rings. The summed E-state index contributed by atoms with van der Waals surface area (Å²) in [6.07, 6.45) is 1.62. The molecule has 1 atom stereocenters. The van der Waals surface area contributed by atoms with E-state index in [0.29, 0.717) is 28.8 Å². The molecule has 0 fully saturated rings. The first kappa shape index (κ1) is 17.0. The Morgan fingerprint density at radius 2 is 2.26 bits per heavy atom. The molecule has 0 aliphatic heterocycles. The number of nitrogens with one attached hydrogen (secondary N) is 2. The van der Waals surface area contributed by atoms with Crippen LogP contribution in [-0.2, 0) is 11.3 Å². The van der Waals surface area contributed by atoms with E-state index in [-0.39, 0.29) is 11.5 Å². The summed E-state index contributed by atoms with van der Waals surface area (Å²) in [6, 6.07) is 4.91. The minimum absolute atomic E-state index is 0.163. The lowest BCUT2D eigenvalue weighted by Gasteiger charge is -2.11. The van der Waals surface area contributed by atoms with Crippen molar-refractivity contribution >= 4 is 17.7 Å².